The quantitative estimate of drug-likeness (QED) is 0.659. The molecule has 2 rings (SSSR count). The van der Waals surface area contributed by atoms with Gasteiger partial charge in [-0.25, -0.2) is 0 Å². The molecule has 1 aromatic carbocycles. The largest absolute Gasteiger partial charge is 0.399 e. The van der Waals surface area contributed by atoms with Crippen LogP contribution in [0.25, 0.3) is 0 Å². The van der Waals surface area contributed by atoms with Crippen LogP contribution >= 0.6 is 0 Å². The zero-order valence-electron chi connectivity index (χ0n) is 8.09. The molecule has 1 aromatic rings. The first kappa shape index (κ1) is 8.57. The second-order valence-corrected chi connectivity index (χ2v) is 3.65. The first-order chi connectivity index (χ1) is 6.29. The maximum Gasteiger partial charge on any atom is 0.0316 e. The Bertz CT molecular complexity index is 307. The molecule has 2 heteroatoms. The highest BCUT2D eigenvalue weighted by molar-refractivity contribution is 5.45. The molecule has 0 aromatic heterocycles. The van der Waals surface area contributed by atoms with Crippen LogP contribution in [-0.2, 0) is 13.0 Å². The predicted octanol–water partition coefficient (Wildman–Crippen LogP) is 1.65. The first-order valence-electron chi connectivity index (χ1n) is 4.89. The van der Waals surface area contributed by atoms with Gasteiger partial charge in [0, 0.05) is 18.8 Å². The van der Waals surface area contributed by atoms with Crippen molar-refractivity contribution < 1.29 is 0 Å². The summed E-state index contributed by atoms with van der Waals surface area (Å²) in [6.45, 7) is 5.62. The molecule has 0 amide bonds. The highest BCUT2D eigenvalue weighted by Gasteiger charge is 2.13. The van der Waals surface area contributed by atoms with E-state index in [4.69, 9.17) is 5.73 Å². The summed E-state index contributed by atoms with van der Waals surface area (Å²) in [6.07, 6.45) is 1.15. The normalized spacial score (nSPS) is 17.0. The molecule has 0 bridgehead atoms. The summed E-state index contributed by atoms with van der Waals surface area (Å²) < 4.78 is 0. The third-order valence-corrected chi connectivity index (χ3v) is 2.77. The average molecular weight is 176 g/mol. The van der Waals surface area contributed by atoms with E-state index in [2.05, 4.69) is 24.0 Å². The molecular weight excluding hydrogens is 160 g/mol. The summed E-state index contributed by atoms with van der Waals surface area (Å²) in [4.78, 5) is 2.46. The average Bonchev–Trinajstić information content (AvgIpc) is 2.17. The fraction of sp³-hybridized carbons (Fsp3) is 0.455. The van der Waals surface area contributed by atoms with Crippen molar-refractivity contribution in [2.24, 2.45) is 0 Å². The topological polar surface area (TPSA) is 29.3 Å². The number of anilines is 1. The van der Waals surface area contributed by atoms with Gasteiger partial charge < -0.3 is 5.73 Å². The van der Waals surface area contributed by atoms with Crippen LogP contribution in [-0.4, -0.2) is 18.0 Å². The molecule has 70 valence electrons. The lowest BCUT2D eigenvalue weighted by Gasteiger charge is -2.27. The predicted molar refractivity (Wildman–Crippen MR) is 55.5 cm³/mol. The SMILES string of the molecule is CCN1CCc2cc(N)ccc2C1. The third-order valence-electron chi connectivity index (χ3n) is 2.77. The standard InChI is InChI=1S/C11H16N2/c1-2-13-6-5-9-7-11(12)4-3-10(9)8-13/h3-4,7H,2,5-6,8,12H2,1H3. The molecular formula is C11H16N2. The van der Waals surface area contributed by atoms with E-state index in [1.54, 1.807) is 0 Å². The summed E-state index contributed by atoms with van der Waals surface area (Å²) in [7, 11) is 0. The van der Waals surface area contributed by atoms with Gasteiger partial charge in [0.15, 0.2) is 0 Å². The Hall–Kier alpha value is -1.02. The lowest BCUT2D eigenvalue weighted by Crippen LogP contribution is -2.30. The van der Waals surface area contributed by atoms with Crippen LogP contribution in [0.4, 0.5) is 5.69 Å². The molecule has 0 saturated carbocycles. The summed E-state index contributed by atoms with van der Waals surface area (Å²) >= 11 is 0. The number of hydrogen-bond donors (Lipinski definition) is 1. The minimum Gasteiger partial charge on any atom is -0.399 e. The number of nitrogen functional groups attached to an aromatic ring is 1. The van der Waals surface area contributed by atoms with Crippen LogP contribution in [0.2, 0.25) is 0 Å². The zero-order chi connectivity index (χ0) is 9.26. The molecule has 0 atom stereocenters. The Labute approximate surface area is 79.4 Å². The van der Waals surface area contributed by atoms with Gasteiger partial charge in [0.25, 0.3) is 0 Å². The fourth-order valence-corrected chi connectivity index (χ4v) is 1.90. The van der Waals surface area contributed by atoms with E-state index in [0.29, 0.717) is 0 Å². The van der Waals surface area contributed by atoms with E-state index in [-0.39, 0.29) is 0 Å². The molecule has 1 aliphatic heterocycles. The Morgan fingerprint density at radius 3 is 3.00 bits per heavy atom. The van der Waals surface area contributed by atoms with E-state index in [1.807, 2.05) is 6.07 Å². The van der Waals surface area contributed by atoms with Gasteiger partial charge in [-0.15, -0.1) is 0 Å². The Balaban J connectivity index is 2.26. The number of fused-ring (bicyclic) bond motifs is 1. The minimum atomic E-state index is 0.892. The highest BCUT2D eigenvalue weighted by atomic mass is 15.1. The van der Waals surface area contributed by atoms with E-state index in [9.17, 15) is 0 Å². The molecule has 0 fully saturated rings. The van der Waals surface area contributed by atoms with Crippen molar-refractivity contribution >= 4 is 5.69 Å². The minimum absolute atomic E-state index is 0.892. The monoisotopic (exact) mass is 176 g/mol. The van der Waals surface area contributed by atoms with Crippen LogP contribution in [0.3, 0.4) is 0 Å². The van der Waals surface area contributed by atoms with Crippen molar-refractivity contribution in [2.45, 2.75) is 19.9 Å². The van der Waals surface area contributed by atoms with Crippen LogP contribution in [0, 0.1) is 0 Å². The van der Waals surface area contributed by atoms with Gasteiger partial charge >= 0.3 is 0 Å². The van der Waals surface area contributed by atoms with Gasteiger partial charge in [-0.2, -0.15) is 0 Å². The molecule has 1 aliphatic rings. The molecule has 0 spiro atoms. The van der Waals surface area contributed by atoms with E-state index in [1.165, 1.54) is 17.7 Å². The van der Waals surface area contributed by atoms with Crippen molar-refractivity contribution in [3.63, 3.8) is 0 Å². The van der Waals surface area contributed by atoms with Gasteiger partial charge in [-0.1, -0.05) is 13.0 Å². The Kier molecular flexibility index (Phi) is 2.23. The first-order valence-corrected chi connectivity index (χ1v) is 4.89. The molecule has 1 heterocycles. The van der Waals surface area contributed by atoms with E-state index >= 15 is 0 Å². The Morgan fingerprint density at radius 1 is 1.38 bits per heavy atom. The number of nitrogens with zero attached hydrogens (tertiary/aromatic N) is 1. The van der Waals surface area contributed by atoms with Crippen molar-refractivity contribution in [1.29, 1.82) is 0 Å². The summed E-state index contributed by atoms with van der Waals surface area (Å²) in [5.41, 5.74) is 9.51. The van der Waals surface area contributed by atoms with E-state index in [0.717, 1.165) is 25.2 Å². The third kappa shape index (κ3) is 1.68. The summed E-state index contributed by atoms with van der Waals surface area (Å²) in [5.74, 6) is 0. The second kappa shape index (κ2) is 3.38. The molecule has 2 nitrogen and oxygen atoms in total. The van der Waals surface area contributed by atoms with Gasteiger partial charge in [0.05, 0.1) is 0 Å². The van der Waals surface area contributed by atoms with Gasteiger partial charge in [-0.05, 0) is 36.2 Å². The molecule has 0 radical (unpaired) electrons. The molecule has 2 N–H and O–H groups in total. The number of rotatable bonds is 1. The maximum atomic E-state index is 5.74. The van der Waals surface area contributed by atoms with Crippen molar-refractivity contribution in [2.75, 3.05) is 18.8 Å². The zero-order valence-corrected chi connectivity index (χ0v) is 8.09. The van der Waals surface area contributed by atoms with Gasteiger partial charge in [-0.3, -0.25) is 4.90 Å². The van der Waals surface area contributed by atoms with Crippen molar-refractivity contribution in [3.8, 4) is 0 Å². The van der Waals surface area contributed by atoms with E-state index < -0.39 is 0 Å². The Morgan fingerprint density at radius 2 is 2.23 bits per heavy atom. The molecule has 0 saturated heterocycles. The van der Waals surface area contributed by atoms with Crippen molar-refractivity contribution in [3.05, 3.63) is 29.3 Å². The number of benzene rings is 1. The highest BCUT2D eigenvalue weighted by Crippen LogP contribution is 2.20. The number of hydrogen-bond acceptors (Lipinski definition) is 2. The lowest BCUT2D eigenvalue weighted by molar-refractivity contribution is 0.268. The fourth-order valence-electron chi connectivity index (χ4n) is 1.90. The summed E-state index contributed by atoms with van der Waals surface area (Å²) in [6, 6.07) is 6.27. The van der Waals surface area contributed by atoms with Gasteiger partial charge in [0.1, 0.15) is 0 Å². The smallest absolute Gasteiger partial charge is 0.0316 e. The number of likely N-dealkylation sites (N-methyl/N-ethyl adjacent to an activating group) is 1. The van der Waals surface area contributed by atoms with Crippen LogP contribution < -0.4 is 5.73 Å². The summed E-state index contributed by atoms with van der Waals surface area (Å²) in [5, 5.41) is 0. The number of nitrogens with two attached hydrogens (primary N) is 1. The molecule has 13 heavy (non-hydrogen) atoms. The van der Waals surface area contributed by atoms with Crippen LogP contribution in [0.5, 0.6) is 0 Å². The van der Waals surface area contributed by atoms with Crippen LogP contribution in [0.15, 0.2) is 18.2 Å². The maximum absolute atomic E-state index is 5.74. The van der Waals surface area contributed by atoms with Crippen LogP contribution in [0.1, 0.15) is 18.1 Å². The molecule has 0 unspecified atom stereocenters. The second-order valence-electron chi connectivity index (χ2n) is 3.65. The lowest BCUT2D eigenvalue weighted by atomic mass is 9.99. The molecule has 0 aliphatic carbocycles. The van der Waals surface area contributed by atoms with Gasteiger partial charge in [0.2, 0.25) is 0 Å². The van der Waals surface area contributed by atoms with Crippen molar-refractivity contribution in [1.82, 2.24) is 4.90 Å².